The van der Waals surface area contributed by atoms with Crippen LogP contribution in [0.1, 0.15) is 20.3 Å². The summed E-state index contributed by atoms with van der Waals surface area (Å²) in [6.45, 7) is 1.81. The molecule has 0 spiro atoms. The van der Waals surface area contributed by atoms with Crippen LogP contribution in [-0.2, 0) is 0 Å². The summed E-state index contributed by atoms with van der Waals surface area (Å²) in [5.74, 6) is 0.287. The second kappa shape index (κ2) is 7.97. The minimum Gasteiger partial charge on any atom is -0.395 e. The van der Waals surface area contributed by atoms with E-state index in [1.165, 1.54) is 4.90 Å². The molecular weight excluding hydrogens is 226 g/mol. The molecule has 0 fully saturated rings. The quantitative estimate of drug-likeness (QED) is 0.315. The van der Waals surface area contributed by atoms with Crippen molar-refractivity contribution in [2.45, 2.75) is 31.8 Å². The molecule has 0 aromatic rings. The molecule has 6 nitrogen and oxygen atoms in total. The average Bonchev–Trinajstić information content (AvgIpc) is 2.33. The molecule has 0 aromatic carbocycles. The molecule has 5 N–H and O–H groups in total. The van der Waals surface area contributed by atoms with E-state index in [2.05, 4.69) is 0 Å². The van der Waals surface area contributed by atoms with Crippen molar-refractivity contribution in [3.8, 4) is 0 Å². The molecule has 0 rings (SSSR count). The van der Waals surface area contributed by atoms with Crippen LogP contribution in [-0.4, -0.2) is 75.2 Å². The lowest BCUT2D eigenvalue weighted by Gasteiger charge is -2.43. The summed E-state index contributed by atoms with van der Waals surface area (Å²) in [6, 6.07) is -0.411. The van der Waals surface area contributed by atoms with Crippen molar-refractivity contribution in [2.75, 3.05) is 33.2 Å². The average molecular weight is 251 g/mol. The Hall–Kier alpha value is -0.240. The third-order valence-corrected chi connectivity index (χ3v) is 3.04. The van der Waals surface area contributed by atoms with E-state index >= 15 is 0 Å². The summed E-state index contributed by atoms with van der Waals surface area (Å²) in [5.41, 5.74) is -1.31. The zero-order valence-corrected chi connectivity index (χ0v) is 10.6. The maximum Gasteiger partial charge on any atom is 0.0966 e. The molecule has 6 heteroatoms. The minimum atomic E-state index is -1.31. The smallest absolute Gasteiger partial charge is 0.0966 e. The van der Waals surface area contributed by atoms with Crippen molar-refractivity contribution in [3.63, 3.8) is 0 Å². The van der Waals surface area contributed by atoms with Gasteiger partial charge in [0.2, 0.25) is 0 Å². The predicted molar refractivity (Wildman–Crippen MR) is 63.2 cm³/mol. The van der Waals surface area contributed by atoms with Crippen LogP contribution in [0.15, 0.2) is 0 Å². The van der Waals surface area contributed by atoms with Gasteiger partial charge in [-0.2, -0.15) is 0 Å². The Bertz CT molecular complexity index is 188. The van der Waals surface area contributed by atoms with Gasteiger partial charge < -0.3 is 25.5 Å². The van der Waals surface area contributed by atoms with Crippen LogP contribution < -0.4 is 0 Å². The summed E-state index contributed by atoms with van der Waals surface area (Å²) in [4.78, 5) is 1.35. The normalized spacial score (nSPS) is 14.6. The van der Waals surface area contributed by atoms with E-state index < -0.39 is 38.1 Å². The topological polar surface area (TPSA) is 104 Å². The first kappa shape index (κ1) is 16.8. The lowest BCUT2D eigenvalue weighted by molar-refractivity contribution is -0.114. The van der Waals surface area contributed by atoms with Crippen molar-refractivity contribution < 1.29 is 25.5 Å². The number of hydrogen-bond acceptors (Lipinski definition) is 6. The lowest BCUT2D eigenvalue weighted by atomic mass is 9.95. The van der Waals surface area contributed by atoms with Crippen LogP contribution >= 0.6 is 0 Å². The Balaban J connectivity index is 4.97. The molecule has 0 amide bonds. The van der Waals surface area contributed by atoms with Crippen LogP contribution in [0, 0.1) is 5.92 Å². The van der Waals surface area contributed by atoms with Crippen molar-refractivity contribution in [1.29, 1.82) is 0 Å². The van der Waals surface area contributed by atoms with Gasteiger partial charge in [0.05, 0.1) is 38.7 Å². The van der Waals surface area contributed by atoms with Crippen molar-refractivity contribution in [3.05, 3.63) is 0 Å². The Labute approximate surface area is 102 Å². The maximum absolute atomic E-state index is 9.35. The predicted octanol–water partition coefficient (Wildman–Crippen LogP) is -1.64. The summed E-state index contributed by atoms with van der Waals surface area (Å²) in [6.07, 6.45) is 0.596. The van der Waals surface area contributed by atoms with Gasteiger partial charge in [-0.1, -0.05) is 13.8 Å². The van der Waals surface area contributed by atoms with Crippen LogP contribution in [0.5, 0.6) is 0 Å². The molecule has 0 radical (unpaired) electrons. The molecule has 104 valence electrons. The van der Waals surface area contributed by atoms with E-state index in [4.69, 9.17) is 0 Å². The molecule has 0 bridgehead atoms. The van der Waals surface area contributed by atoms with Gasteiger partial charge in [0.25, 0.3) is 0 Å². The molecule has 0 heterocycles. The van der Waals surface area contributed by atoms with Gasteiger partial charge in [-0.05, 0) is 12.3 Å². The monoisotopic (exact) mass is 251 g/mol. The minimum absolute atomic E-state index is 0.208. The summed E-state index contributed by atoms with van der Waals surface area (Å²) in [5, 5.41) is 46.6. The van der Waals surface area contributed by atoms with E-state index in [9.17, 15) is 25.5 Å². The molecule has 17 heavy (non-hydrogen) atoms. The summed E-state index contributed by atoms with van der Waals surface area (Å²) < 4.78 is 0. The zero-order valence-electron chi connectivity index (χ0n) is 10.6. The third-order valence-electron chi connectivity index (χ3n) is 3.04. The SMILES string of the molecule is CC(C)CC(CO)N(CO)C(CO)(CO)CO. The highest BCUT2D eigenvalue weighted by molar-refractivity contribution is 4.92. The standard InChI is InChI=1S/C11H25NO5/c1-9(2)3-10(4-13)12(8-17)11(5-14,6-15)7-16/h9-10,13-17H,3-8H2,1-2H3. The van der Waals surface area contributed by atoms with E-state index in [1.807, 2.05) is 13.8 Å². The van der Waals surface area contributed by atoms with Gasteiger partial charge in [-0.3, -0.25) is 4.90 Å². The molecule has 0 saturated carbocycles. The molecule has 0 aliphatic carbocycles. The molecule has 0 aliphatic rings. The molecule has 0 aromatic heterocycles. The number of nitrogens with zero attached hydrogens (tertiary/aromatic N) is 1. The van der Waals surface area contributed by atoms with Gasteiger partial charge in [0.1, 0.15) is 0 Å². The molecule has 0 saturated heterocycles. The Morgan fingerprint density at radius 3 is 1.65 bits per heavy atom. The van der Waals surface area contributed by atoms with Crippen LogP contribution in [0.25, 0.3) is 0 Å². The lowest BCUT2D eigenvalue weighted by Crippen LogP contribution is -2.62. The first-order valence-electron chi connectivity index (χ1n) is 5.82. The third kappa shape index (κ3) is 4.17. The maximum atomic E-state index is 9.35. The van der Waals surface area contributed by atoms with E-state index in [0.29, 0.717) is 6.42 Å². The summed E-state index contributed by atoms with van der Waals surface area (Å²) >= 11 is 0. The highest BCUT2D eigenvalue weighted by atomic mass is 16.3. The molecular formula is C11H25NO5. The highest BCUT2D eigenvalue weighted by Crippen LogP contribution is 2.21. The van der Waals surface area contributed by atoms with Gasteiger partial charge >= 0.3 is 0 Å². The van der Waals surface area contributed by atoms with Crippen LogP contribution in [0.4, 0.5) is 0 Å². The zero-order chi connectivity index (χ0) is 13.5. The van der Waals surface area contributed by atoms with Crippen LogP contribution in [0.3, 0.4) is 0 Å². The van der Waals surface area contributed by atoms with Crippen molar-refractivity contribution in [1.82, 2.24) is 4.90 Å². The van der Waals surface area contributed by atoms with Crippen molar-refractivity contribution >= 4 is 0 Å². The van der Waals surface area contributed by atoms with Gasteiger partial charge in [-0.15, -0.1) is 0 Å². The fourth-order valence-electron chi connectivity index (χ4n) is 1.92. The Kier molecular flexibility index (Phi) is 7.85. The second-order valence-electron chi connectivity index (χ2n) is 4.78. The van der Waals surface area contributed by atoms with Crippen LogP contribution in [0.2, 0.25) is 0 Å². The largest absolute Gasteiger partial charge is 0.395 e. The van der Waals surface area contributed by atoms with Crippen molar-refractivity contribution in [2.24, 2.45) is 5.92 Å². The number of aliphatic hydroxyl groups is 5. The number of aliphatic hydroxyl groups excluding tert-OH is 5. The fraction of sp³-hybridized carbons (Fsp3) is 1.00. The molecule has 1 atom stereocenters. The van der Waals surface area contributed by atoms with E-state index in [0.717, 1.165) is 0 Å². The van der Waals surface area contributed by atoms with E-state index in [-0.39, 0.29) is 12.5 Å². The van der Waals surface area contributed by atoms with Gasteiger partial charge in [0.15, 0.2) is 0 Å². The molecule has 0 aliphatic heterocycles. The Morgan fingerprint density at radius 1 is 0.941 bits per heavy atom. The number of hydrogen-bond donors (Lipinski definition) is 5. The Morgan fingerprint density at radius 2 is 1.41 bits per heavy atom. The van der Waals surface area contributed by atoms with Gasteiger partial charge in [-0.25, -0.2) is 0 Å². The highest BCUT2D eigenvalue weighted by Gasteiger charge is 2.39. The second-order valence-corrected chi connectivity index (χ2v) is 4.78. The first-order chi connectivity index (χ1) is 8.01. The summed E-state index contributed by atoms with van der Waals surface area (Å²) in [7, 11) is 0. The first-order valence-corrected chi connectivity index (χ1v) is 5.82. The van der Waals surface area contributed by atoms with Gasteiger partial charge in [0, 0.05) is 6.04 Å². The van der Waals surface area contributed by atoms with E-state index in [1.54, 1.807) is 0 Å². The molecule has 1 unspecified atom stereocenters. The fourth-order valence-corrected chi connectivity index (χ4v) is 1.92. The number of rotatable bonds is 9.